The Balaban J connectivity index is 2.56. The number of hydrogen-bond donors (Lipinski definition) is 1. The van der Waals surface area contributed by atoms with Crippen LogP contribution in [0.2, 0.25) is 0 Å². The molecule has 0 saturated carbocycles. The van der Waals surface area contributed by atoms with Crippen LogP contribution in [0.5, 0.6) is 0 Å². The van der Waals surface area contributed by atoms with E-state index < -0.39 is 11.9 Å². The zero-order valence-corrected chi connectivity index (χ0v) is 9.40. The second kappa shape index (κ2) is 5.14. The quantitative estimate of drug-likeness (QED) is 0.767. The predicted molar refractivity (Wildman–Crippen MR) is 56.4 cm³/mol. The Hall–Kier alpha value is -1.06. The highest BCUT2D eigenvalue weighted by atomic mass is 16.4. The average molecular weight is 213 g/mol. The van der Waals surface area contributed by atoms with Crippen LogP contribution in [-0.4, -0.2) is 35.0 Å². The Morgan fingerprint density at radius 3 is 2.60 bits per heavy atom. The SMILES string of the molecule is CC(C)C(CN1CCCCC1=O)C(=O)O. The minimum Gasteiger partial charge on any atom is -0.481 e. The molecule has 0 aliphatic carbocycles. The van der Waals surface area contributed by atoms with E-state index >= 15 is 0 Å². The van der Waals surface area contributed by atoms with Gasteiger partial charge in [-0.25, -0.2) is 0 Å². The van der Waals surface area contributed by atoms with Gasteiger partial charge in [-0.15, -0.1) is 0 Å². The fourth-order valence-electron chi connectivity index (χ4n) is 1.87. The second-order valence-corrected chi connectivity index (χ2v) is 4.49. The highest BCUT2D eigenvalue weighted by Crippen LogP contribution is 2.17. The highest BCUT2D eigenvalue weighted by Gasteiger charge is 2.27. The molecule has 1 heterocycles. The van der Waals surface area contributed by atoms with Crippen LogP contribution in [0.3, 0.4) is 0 Å². The van der Waals surface area contributed by atoms with E-state index in [1.807, 2.05) is 13.8 Å². The van der Waals surface area contributed by atoms with Crippen LogP contribution in [0, 0.1) is 11.8 Å². The molecule has 0 bridgehead atoms. The Morgan fingerprint density at radius 1 is 1.47 bits per heavy atom. The molecule has 0 spiro atoms. The highest BCUT2D eigenvalue weighted by molar-refractivity contribution is 5.78. The van der Waals surface area contributed by atoms with Gasteiger partial charge in [0.2, 0.25) is 5.91 Å². The Labute approximate surface area is 90.3 Å². The summed E-state index contributed by atoms with van der Waals surface area (Å²) < 4.78 is 0. The van der Waals surface area contributed by atoms with Gasteiger partial charge in [-0.1, -0.05) is 13.8 Å². The van der Waals surface area contributed by atoms with E-state index in [0.717, 1.165) is 19.4 Å². The molecule has 4 heteroatoms. The van der Waals surface area contributed by atoms with Crippen LogP contribution in [0.1, 0.15) is 33.1 Å². The fourth-order valence-corrected chi connectivity index (χ4v) is 1.87. The molecule has 86 valence electrons. The molecule has 0 aromatic heterocycles. The minimum absolute atomic E-state index is 0.0669. The fraction of sp³-hybridized carbons (Fsp3) is 0.818. The van der Waals surface area contributed by atoms with Crippen molar-refractivity contribution in [1.82, 2.24) is 4.90 Å². The third-order valence-corrected chi connectivity index (χ3v) is 2.96. The van der Waals surface area contributed by atoms with Crippen molar-refractivity contribution < 1.29 is 14.7 Å². The first kappa shape index (κ1) is 12.0. The van der Waals surface area contributed by atoms with Gasteiger partial charge in [-0.05, 0) is 18.8 Å². The number of likely N-dealkylation sites (tertiary alicyclic amines) is 1. The number of nitrogens with zero attached hydrogens (tertiary/aromatic N) is 1. The molecule has 0 radical (unpaired) electrons. The summed E-state index contributed by atoms with van der Waals surface area (Å²) in [6, 6.07) is 0. The van der Waals surface area contributed by atoms with Crippen LogP contribution in [0.15, 0.2) is 0 Å². The third kappa shape index (κ3) is 3.22. The number of rotatable bonds is 4. The van der Waals surface area contributed by atoms with Crippen molar-refractivity contribution in [3.63, 3.8) is 0 Å². The zero-order valence-electron chi connectivity index (χ0n) is 9.40. The summed E-state index contributed by atoms with van der Waals surface area (Å²) in [5, 5.41) is 9.02. The van der Waals surface area contributed by atoms with Gasteiger partial charge in [0, 0.05) is 19.5 Å². The van der Waals surface area contributed by atoms with Crippen molar-refractivity contribution in [3.05, 3.63) is 0 Å². The largest absolute Gasteiger partial charge is 0.481 e. The number of hydrogen-bond acceptors (Lipinski definition) is 2. The summed E-state index contributed by atoms with van der Waals surface area (Å²) in [7, 11) is 0. The molecule has 1 rings (SSSR count). The summed E-state index contributed by atoms with van der Waals surface area (Å²) in [5.74, 6) is -1.07. The maximum Gasteiger partial charge on any atom is 0.308 e. The van der Waals surface area contributed by atoms with Crippen molar-refractivity contribution in [1.29, 1.82) is 0 Å². The molecule has 1 N–H and O–H groups in total. The standard InChI is InChI=1S/C11H19NO3/c1-8(2)9(11(14)15)7-12-6-4-3-5-10(12)13/h8-9H,3-7H2,1-2H3,(H,14,15). The summed E-state index contributed by atoms with van der Waals surface area (Å²) in [6.45, 7) is 4.85. The molecule has 1 amide bonds. The zero-order chi connectivity index (χ0) is 11.4. The summed E-state index contributed by atoms with van der Waals surface area (Å²) >= 11 is 0. The van der Waals surface area contributed by atoms with Gasteiger partial charge in [-0.2, -0.15) is 0 Å². The Morgan fingerprint density at radius 2 is 2.13 bits per heavy atom. The molecular weight excluding hydrogens is 194 g/mol. The van der Waals surface area contributed by atoms with E-state index in [9.17, 15) is 9.59 Å². The lowest BCUT2D eigenvalue weighted by Gasteiger charge is -2.30. The summed E-state index contributed by atoms with van der Waals surface area (Å²) in [5.41, 5.74) is 0. The van der Waals surface area contributed by atoms with Crippen LogP contribution in [-0.2, 0) is 9.59 Å². The molecule has 0 aromatic rings. The molecule has 1 unspecified atom stereocenters. The number of carboxylic acid groups (broad SMARTS) is 1. The van der Waals surface area contributed by atoms with E-state index in [-0.39, 0.29) is 11.8 Å². The first-order chi connectivity index (χ1) is 7.02. The number of carboxylic acids is 1. The molecule has 1 aliphatic heterocycles. The predicted octanol–water partition coefficient (Wildman–Crippen LogP) is 1.36. The van der Waals surface area contributed by atoms with Crippen LogP contribution >= 0.6 is 0 Å². The monoisotopic (exact) mass is 213 g/mol. The number of carbonyl (C=O) groups is 2. The van der Waals surface area contributed by atoms with Crippen LogP contribution < -0.4 is 0 Å². The Bertz CT molecular complexity index is 250. The normalized spacial score (nSPS) is 19.4. The van der Waals surface area contributed by atoms with Gasteiger partial charge < -0.3 is 10.0 Å². The maximum absolute atomic E-state index is 11.5. The number of piperidine rings is 1. The van der Waals surface area contributed by atoms with Crippen molar-refractivity contribution >= 4 is 11.9 Å². The first-order valence-corrected chi connectivity index (χ1v) is 5.53. The van der Waals surface area contributed by atoms with Gasteiger partial charge in [0.1, 0.15) is 0 Å². The van der Waals surface area contributed by atoms with E-state index in [4.69, 9.17) is 5.11 Å². The van der Waals surface area contributed by atoms with Crippen molar-refractivity contribution in [3.8, 4) is 0 Å². The van der Waals surface area contributed by atoms with Gasteiger partial charge in [0.05, 0.1) is 5.92 Å². The average Bonchev–Trinajstić information content (AvgIpc) is 2.15. The first-order valence-electron chi connectivity index (χ1n) is 5.53. The van der Waals surface area contributed by atoms with Crippen LogP contribution in [0.4, 0.5) is 0 Å². The summed E-state index contributed by atoms with van der Waals surface area (Å²) in [6.07, 6.45) is 2.51. The van der Waals surface area contributed by atoms with E-state index in [1.54, 1.807) is 4.90 Å². The topological polar surface area (TPSA) is 57.6 Å². The Kier molecular flexibility index (Phi) is 4.12. The van der Waals surface area contributed by atoms with Crippen LogP contribution in [0.25, 0.3) is 0 Å². The number of amides is 1. The van der Waals surface area contributed by atoms with Gasteiger partial charge >= 0.3 is 5.97 Å². The lowest BCUT2D eigenvalue weighted by Crippen LogP contribution is -2.42. The van der Waals surface area contributed by atoms with Crippen molar-refractivity contribution in [2.45, 2.75) is 33.1 Å². The second-order valence-electron chi connectivity index (χ2n) is 4.49. The molecule has 0 aromatic carbocycles. The lowest BCUT2D eigenvalue weighted by atomic mass is 9.94. The molecule has 1 aliphatic rings. The smallest absolute Gasteiger partial charge is 0.308 e. The molecule has 1 fully saturated rings. The van der Waals surface area contributed by atoms with E-state index in [2.05, 4.69) is 0 Å². The lowest BCUT2D eigenvalue weighted by molar-refractivity contribution is -0.145. The third-order valence-electron chi connectivity index (χ3n) is 2.96. The molecule has 4 nitrogen and oxygen atoms in total. The summed E-state index contributed by atoms with van der Waals surface area (Å²) in [4.78, 5) is 24.2. The van der Waals surface area contributed by atoms with Gasteiger partial charge in [0.15, 0.2) is 0 Å². The molecule has 1 atom stereocenters. The maximum atomic E-state index is 11.5. The van der Waals surface area contributed by atoms with Gasteiger partial charge in [0.25, 0.3) is 0 Å². The van der Waals surface area contributed by atoms with E-state index in [1.165, 1.54) is 0 Å². The molecular formula is C11H19NO3. The molecule has 1 saturated heterocycles. The van der Waals surface area contributed by atoms with Gasteiger partial charge in [-0.3, -0.25) is 9.59 Å². The molecule has 15 heavy (non-hydrogen) atoms. The van der Waals surface area contributed by atoms with Crippen molar-refractivity contribution in [2.75, 3.05) is 13.1 Å². The number of carbonyl (C=O) groups excluding carboxylic acids is 1. The van der Waals surface area contributed by atoms with E-state index in [0.29, 0.717) is 13.0 Å². The van der Waals surface area contributed by atoms with Crippen molar-refractivity contribution in [2.24, 2.45) is 11.8 Å². The minimum atomic E-state index is -0.802. The number of aliphatic carboxylic acids is 1.